The SMILES string of the molecule is CNC(=O)C1CCCN1C(=O)NC(CCSC)C(=O)O. The number of likely N-dealkylation sites (N-methyl/N-ethyl adjacent to an activating group) is 1. The highest BCUT2D eigenvalue weighted by molar-refractivity contribution is 7.98. The van der Waals surface area contributed by atoms with Gasteiger partial charge in [-0.1, -0.05) is 0 Å². The van der Waals surface area contributed by atoms with E-state index in [1.807, 2.05) is 6.26 Å². The normalized spacial score (nSPS) is 19.5. The average molecular weight is 303 g/mol. The first-order valence-corrected chi connectivity index (χ1v) is 7.91. The first kappa shape index (κ1) is 16.6. The Morgan fingerprint density at radius 3 is 2.70 bits per heavy atom. The minimum atomic E-state index is -1.05. The summed E-state index contributed by atoms with van der Waals surface area (Å²) in [5.41, 5.74) is 0. The summed E-state index contributed by atoms with van der Waals surface area (Å²) in [7, 11) is 1.52. The highest BCUT2D eigenvalue weighted by Crippen LogP contribution is 2.17. The number of hydrogen-bond donors (Lipinski definition) is 3. The second-order valence-corrected chi connectivity index (χ2v) is 5.57. The summed E-state index contributed by atoms with van der Waals surface area (Å²) in [6.07, 6.45) is 3.59. The number of carbonyl (C=O) groups is 3. The van der Waals surface area contributed by atoms with Gasteiger partial charge >= 0.3 is 12.0 Å². The van der Waals surface area contributed by atoms with E-state index >= 15 is 0 Å². The molecule has 1 heterocycles. The van der Waals surface area contributed by atoms with Gasteiger partial charge < -0.3 is 20.6 Å². The van der Waals surface area contributed by atoms with Crippen LogP contribution < -0.4 is 10.6 Å². The van der Waals surface area contributed by atoms with Gasteiger partial charge in [-0.05, 0) is 31.3 Å². The Morgan fingerprint density at radius 1 is 1.45 bits per heavy atom. The number of thioether (sulfide) groups is 1. The van der Waals surface area contributed by atoms with Crippen LogP contribution in [-0.2, 0) is 9.59 Å². The minimum Gasteiger partial charge on any atom is -0.480 e. The van der Waals surface area contributed by atoms with E-state index in [0.717, 1.165) is 6.42 Å². The molecule has 0 bridgehead atoms. The van der Waals surface area contributed by atoms with E-state index in [1.165, 1.54) is 23.7 Å². The van der Waals surface area contributed by atoms with Gasteiger partial charge in [0.2, 0.25) is 5.91 Å². The van der Waals surface area contributed by atoms with Crippen LogP contribution in [0, 0.1) is 0 Å². The summed E-state index contributed by atoms with van der Waals surface area (Å²) in [6, 6.07) is -1.90. The Balaban J connectivity index is 2.63. The van der Waals surface area contributed by atoms with Gasteiger partial charge in [-0.2, -0.15) is 11.8 Å². The highest BCUT2D eigenvalue weighted by atomic mass is 32.2. The fourth-order valence-corrected chi connectivity index (χ4v) is 2.65. The van der Waals surface area contributed by atoms with Crippen molar-refractivity contribution in [2.75, 3.05) is 25.6 Å². The lowest BCUT2D eigenvalue weighted by Gasteiger charge is -2.25. The van der Waals surface area contributed by atoms with Crippen LogP contribution in [-0.4, -0.2) is 65.6 Å². The topological polar surface area (TPSA) is 98.7 Å². The second kappa shape index (κ2) is 7.98. The molecule has 8 heteroatoms. The molecular weight excluding hydrogens is 282 g/mol. The number of rotatable bonds is 6. The molecule has 1 fully saturated rings. The summed E-state index contributed by atoms with van der Waals surface area (Å²) in [4.78, 5) is 36.3. The van der Waals surface area contributed by atoms with Crippen molar-refractivity contribution in [3.63, 3.8) is 0 Å². The Labute approximate surface area is 122 Å². The van der Waals surface area contributed by atoms with Crippen molar-refractivity contribution in [2.45, 2.75) is 31.3 Å². The molecule has 1 aliphatic rings. The van der Waals surface area contributed by atoms with Crippen molar-refractivity contribution in [2.24, 2.45) is 0 Å². The lowest BCUT2D eigenvalue weighted by atomic mass is 10.2. The summed E-state index contributed by atoms with van der Waals surface area (Å²) in [6.45, 7) is 0.471. The third-order valence-corrected chi connectivity index (χ3v) is 3.91. The first-order valence-electron chi connectivity index (χ1n) is 6.51. The zero-order valence-electron chi connectivity index (χ0n) is 11.7. The number of hydrogen-bond acceptors (Lipinski definition) is 4. The van der Waals surface area contributed by atoms with E-state index in [2.05, 4.69) is 10.6 Å². The lowest BCUT2D eigenvalue weighted by molar-refractivity contribution is -0.139. The molecule has 1 rings (SSSR count). The summed E-state index contributed by atoms with van der Waals surface area (Å²) in [5.74, 6) is -0.618. The molecule has 3 N–H and O–H groups in total. The predicted octanol–water partition coefficient (Wildman–Crippen LogP) is 0.113. The molecule has 2 unspecified atom stereocenters. The van der Waals surface area contributed by atoms with Gasteiger partial charge in [-0.15, -0.1) is 0 Å². The molecule has 0 saturated carbocycles. The number of nitrogens with one attached hydrogen (secondary N) is 2. The average Bonchev–Trinajstić information content (AvgIpc) is 2.91. The molecular formula is C12H21N3O4S. The molecule has 1 aliphatic heterocycles. The van der Waals surface area contributed by atoms with E-state index in [4.69, 9.17) is 5.11 Å². The molecule has 0 aromatic rings. The van der Waals surface area contributed by atoms with E-state index in [0.29, 0.717) is 25.1 Å². The maximum Gasteiger partial charge on any atom is 0.326 e. The maximum atomic E-state index is 12.1. The Bertz CT molecular complexity index is 378. The standard InChI is InChI=1S/C12H21N3O4S/c1-13-10(16)9-4-3-6-15(9)12(19)14-8(11(17)18)5-7-20-2/h8-9H,3-7H2,1-2H3,(H,13,16)(H,14,19)(H,17,18). The first-order chi connectivity index (χ1) is 9.51. The Kier molecular flexibility index (Phi) is 6.63. The zero-order chi connectivity index (χ0) is 15.1. The number of aliphatic carboxylic acids is 1. The van der Waals surface area contributed by atoms with Gasteiger partial charge in [0.25, 0.3) is 0 Å². The smallest absolute Gasteiger partial charge is 0.326 e. The third kappa shape index (κ3) is 4.29. The molecule has 114 valence electrons. The zero-order valence-corrected chi connectivity index (χ0v) is 12.5. The van der Waals surface area contributed by atoms with Crippen molar-refractivity contribution < 1.29 is 19.5 Å². The van der Waals surface area contributed by atoms with Crippen LogP contribution >= 0.6 is 11.8 Å². The van der Waals surface area contributed by atoms with Gasteiger partial charge in [0, 0.05) is 13.6 Å². The van der Waals surface area contributed by atoms with E-state index < -0.39 is 24.1 Å². The number of amides is 3. The molecule has 0 aromatic heterocycles. The number of urea groups is 1. The van der Waals surface area contributed by atoms with Crippen LogP contribution in [0.4, 0.5) is 4.79 Å². The van der Waals surface area contributed by atoms with Gasteiger partial charge in [-0.25, -0.2) is 9.59 Å². The van der Waals surface area contributed by atoms with Crippen LogP contribution in [0.3, 0.4) is 0 Å². The van der Waals surface area contributed by atoms with Crippen molar-refractivity contribution >= 4 is 29.7 Å². The van der Waals surface area contributed by atoms with Crippen LogP contribution in [0.1, 0.15) is 19.3 Å². The van der Waals surface area contributed by atoms with Crippen molar-refractivity contribution in [1.82, 2.24) is 15.5 Å². The molecule has 0 aliphatic carbocycles. The largest absolute Gasteiger partial charge is 0.480 e. The number of carbonyl (C=O) groups excluding carboxylic acids is 2. The Hall–Kier alpha value is -1.44. The van der Waals surface area contributed by atoms with Crippen LogP contribution in [0.25, 0.3) is 0 Å². The molecule has 7 nitrogen and oxygen atoms in total. The summed E-state index contributed by atoms with van der Waals surface area (Å²) >= 11 is 1.52. The van der Waals surface area contributed by atoms with Crippen LogP contribution in [0.15, 0.2) is 0 Å². The van der Waals surface area contributed by atoms with Gasteiger partial charge in [-0.3, -0.25) is 4.79 Å². The fourth-order valence-electron chi connectivity index (χ4n) is 2.17. The Morgan fingerprint density at radius 2 is 2.15 bits per heavy atom. The highest BCUT2D eigenvalue weighted by Gasteiger charge is 2.35. The van der Waals surface area contributed by atoms with Crippen molar-refractivity contribution in [3.05, 3.63) is 0 Å². The summed E-state index contributed by atoms with van der Waals surface area (Å²) in [5, 5.41) is 14.1. The minimum absolute atomic E-state index is 0.214. The fraction of sp³-hybridized carbons (Fsp3) is 0.750. The third-order valence-electron chi connectivity index (χ3n) is 3.27. The molecule has 0 aromatic carbocycles. The predicted molar refractivity (Wildman–Crippen MR) is 76.7 cm³/mol. The summed E-state index contributed by atoms with van der Waals surface area (Å²) < 4.78 is 0. The molecule has 0 radical (unpaired) electrons. The van der Waals surface area contributed by atoms with E-state index in [9.17, 15) is 14.4 Å². The maximum absolute atomic E-state index is 12.1. The van der Waals surface area contributed by atoms with Gasteiger partial charge in [0.15, 0.2) is 0 Å². The molecule has 20 heavy (non-hydrogen) atoms. The molecule has 3 amide bonds. The van der Waals surface area contributed by atoms with Gasteiger partial charge in [0.05, 0.1) is 0 Å². The van der Waals surface area contributed by atoms with Crippen molar-refractivity contribution in [1.29, 1.82) is 0 Å². The number of carboxylic acid groups (broad SMARTS) is 1. The monoisotopic (exact) mass is 303 g/mol. The van der Waals surface area contributed by atoms with E-state index in [-0.39, 0.29) is 5.91 Å². The molecule has 0 spiro atoms. The quantitative estimate of drug-likeness (QED) is 0.647. The second-order valence-electron chi connectivity index (χ2n) is 4.59. The molecule has 2 atom stereocenters. The van der Waals surface area contributed by atoms with E-state index in [1.54, 1.807) is 0 Å². The lowest BCUT2D eigenvalue weighted by Crippen LogP contribution is -2.52. The van der Waals surface area contributed by atoms with Gasteiger partial charge in [0.1, 0.15) is 12.1 Å². The van der Waals surface area contributed by atoms with Crippen LogP contribution in [0.5, 0.6) is 0 Å². The van der Waals surface area contributed by atoms with Crippen LogP contribution in [0.2, 0.25) is 0 Å². The van der Waals surface area contributed by atoms with Crippen molar-refractivity contribution in [3.8, 4) is 0 Å². The number of carboxylic acids is 1. The number of likely N-dealkylation sites (tertiary alicyclic amines) is 1. The number of nitrogens with zero attached hydrogens (tertiary/aromatic N) is 1. The molecule has 1 saturated heterocycles.